The standard InChI is InChI=1S/C19H19ClN2O5/c1-11(23)27-14-5-3-4-13(10-14)19(25)22-16(18(21)24)9-12-6-7-17(26-2)15(20)8-12/h3-8,10,16H,9H2,1-2H3,(H2,21,24)(H,22,25)/t16-/m0/s1. The maximum atomic E-state index is 12.4. The van der Waals surface area contributed by atoms with Crippen molar-refractivity contribution >= 4 is 29.4 Å². The highest BCUT2D eigenvalue weighted by molar-refractivity contribution is 6.32. The summed E-state index contributed by atoms with van der Waals surface area (Å²) in [6, 6.07) is 10.1. The topological polar surface area (TPSA) is 108 Å². The van der Waals surface area contributed by atoms with Crippen molar-refractivity contribution in [3.63, 3.8) is 0 Å². The second kappa shape index (κ2) is 9.05. The molecule has 0 aliphatic heterocycles. The summed E-state index contributed by atoms with van der Waals surface area (Å²) in [5, 5.41) is 2.97. The van der Waals surface area contributed by atoms with E-state index in [0.29, 0.717) is 16.3 Å². The number of carbonyl (C=O) groups excluding carboxylic acids is 3. The van der Waals surface area contributed by atoms with Gasteiger partial charge in [0.25, 0.3) is 5.91 Å². The molecule has 2 aromatic rings. The van der Waals surface area contributed by atoms with Gasteiger partial charge in [0.05, 0.1) is 12.1 Å². The number of nitrogens with two attached hydrogens (primary N) is 1. The minimum absolute atomic E-state index is 0.161. The van der Waals surface area contributed by atoms with E-state index in [1.165, 1.54) is 26.2 Å². The Hall–Kier alpha value is -3.06. The Kier molecular flexibility index (Phi) is 6.79. The molecule has 2 aromatic carbocycles. The molecule has 0 aliphatic rings. The lowest BCUT2D eigenvalue weighted by atomic mass is 10.0. The predicted molar refractivity (Wildman–Crippen MR) is 99.9 cm³/mol. The highest BCUT2D eigenvalue weighted by atomic mass is 35.5. The van der Waals surface area contributed by atoms with Gasteiger partial charge in [-0.25, -0.2) is 0 Å². The van der Waals surface area contributed by atoms with E-state index >= 15 is 0 Å². The summed E-state index contributed by atoms with van der Waals surface area (Å²) in [6.45, 7) is 1.26. The van der Waals surface area contributed by atoms with Crippen LogP contribution in [0.5, 0.6) is 11.5 Å². The number of hydrogen-bond donors (Lipinski definition) is 2. The summed E-state index contributed by atoms with van der Waals surface area (Å²) in [4.78, 5) is 35.3. The molecule has 0 heterocycles. The van der Waals surface area contributed by atoms with Crippen molar-refractivity contribution in [2.75, 3.05) is 7.11 Å². The van der Waals surface area contributed by atoms with Gasteiger partial charge in [0.15, 0.2) is 0 Å². The zero-order chi connectivity index (χ0) is 20.0. The Morgan fingerprint density at radius 1 is 1.19 bits per heavy atom. The number of amides is 2. The Labute approximate surface area is 161 Å². The predicted octanol–water partition coefficient (Wildman–Crippen LogP) is 2.10. The fourth-order valence-corrected chi connectivity index (χ4v) is 2.68. The Bertz CT molecular complexity index is 869. The lowest BCUT2D eigenvalue weighted by Gasteiger charge is -2.16. The molecule has 0 radical (unpaired) electrons. The van der Waals surface area contributed by atoms with Gasteiger partial charge >= 0.3 is 5.97 Å². The van der Waals surface area contributed by atoms with E-state index in [2.05, 4.69) is 5.32 Å². The summed E-state index contributed by atoms with van der Waals surface area (Å²) < 4.78 is 10.0. The summed E-state index contributed by atoms with van der Waals surface area (Å²) in [5.74, 6) is -0.979. The van der Waals surface area contributed by atoms with E-state index < -0.39 is 23.8 Å². The van der Waals surface area contributed by atoms with Gasteiger partial charge in [-0.3, -0.25) is 14.4 Å². The van der Waals surface area contributed by atoms with Crippen molar-refractivity contribution in [1.82, 2.24) is 5.32 Å². The molecule has 1 atom stereocenters. The Morgan fingerprint density at radius 2 is 1.93 bits per heavy atom. The third-order valence-electron chi connectivity index (χ3n) is 3.66. The maximum absolute atomic E-state index is 12.4. The van der Waals surface area contributed by atoms with Gasteiger partial charge in [0.2, 0.25) is 5.91 Å². The lowest BCUT2D eigenvalue weighted by molar-refractivity contribution is -0.131. The highest BCUT2D eigenvalue weighted by Gasteiger charge is 2.20. The van der Waals surface area contributed by atoms with Crippen LogP contribution in [-0.2, 0) is 16.0 Å². The van der Waals surface area contributed by atoms with Crippen LogP contribution in [0.25, 0.3) is 0 Å². The smallest absolute Gasteiger partial charge is 0.308 e. The van der Waals surface area contributed by atoms with Crippen LogP contribution >= 0.6 is 11.6 Å². The fraction of sp³-hybridized carbons (Fsp3) is 0.211. The molecule has 2 amide bonds. The monoisotopic (exact) mass is 390 g/mol. The molecule has 0 spiro atoms. The van der Waals surface area contributed by atoms with E-state index in [1.54, 1.807) is 30.3 Å². The first kappa shape index (κ1) is 20.3. The van der Waals surface area contributed by atoms with E-state index in [1.807, 2.05) is 0 Å². The van der Waals surface area contributed by atoms with Crippen LogP contribution in [0.4, 0.5) is 0 Å². The van der Waals surface area contributed by atoms with E-state index in [-0.39, 0.29) is 17.7 Å². The molecule has 8 heteroatoms. The minimum Gasteiger partial charge on any atom is -0.495 e. The number of nitrogens with one attached hydrogen (secondary N) is 1. The number of ether oxygens (including phenoxy) is 2. The molecule has 0 aliphatic carbocycles. The van der Waals surface area contributed by atoms with E-state index in [9.17, 15) is 14.4 Å². The normalized spacial score (nSPS) is 11.4. The molecule has 0 saturated carbocycles. The van der Waals surface area contributed by atoms with E-state index in [4.69, 9.17) is 26.8 Å². The van der Waals surface area contributed by atoms with Crippen LogP contribution in [0.3, 0.4) is 0 Å². The molecular formula is C19H19ClN2O5. The Balaban J connectivity index is 2.14. The number of hydrogen-bond acceptors (Lipinski definition) is 5. The number of primary amides is 1. The highest BCUT2D eigenvalue weighted by Crippen LogP contribution is 2.25. The Morgan fingerprint density at radius 3 is 2.52 bits per heavy atom. The SMILES string of the molecule is COc1ccc(C[C@H](NC(=O)c2cccc(OC(C)=O)c2)C(N)=O)cc1Cl. The number of benzene rings is 2. The van der Waals surface area contributed by atoms with Crippen molar-refractivity contribution in [2.45, 2.75) is 19.4 Å². The first-order valence-electron chi connectivity index (χ1n) is 8.01. The molecule has 3 N–H and O–H groups in total. The van der Waals surface area contributed by atoms with Gasteiger partial charge in [-0.15, -0.1) is 0 Å². The van der Waals surface area contributed by atoms with Crippen LogP contribution < -0.4 is 20.5 Å². The molecule has 7 nitrogen and oxygen atoms in total. The molecule has 0 bridgehead atoms. The van der Waals surface area contributed by atoms with Crippen molar-refractivity contribution in [3.05, 3.63) is 58.6 Å². The average Bonchev–Trinajstić information content (AvgIpc) is 2.60. The number of carbonyl (C=O) groups is 3. The summed E-state index contributed by atoms with van der Waals surface area (Å²) in [5.41, 5.74) is 6.36. The summed E-state index contributed by atoms with van der Waals surface area (Å²) >= 11 is 6.08. The van der Waals surface area contributed by atoms with Gasteiger partial charge in [-0.05, 0) is 35.9 Å². The molecular weight excluding hydrogens is 372 g/mol. The number of rotatable bonds is 7. The zero-order valence-corrected chi connectivity index (χ0v) is 15.6. The molecule has 2 rings (SSSR count). The van der Waals surface area contributed by atoms with Crippen LogP contribution in [0.15, 0.2) is 42.5 Å². The van der Waals surface area contributed by atoms with Crippen molar-refractivity contribution in [2.24, 2.45) is 5.73 Å². The van der Waals surface area contributed by atoms with Gasteiger partial charge in [-0.1, -0.05) is 23.7 Å². The molecule has 0 aromatic heterocycles. The molecule has 142 valence electrons. The van der Waals surface area contributed by atoms with Crippen molar-refractivity contribution in [3.8, 4) is 11.5 Å². The van der Waals surface area contributed by atoms with E-state index in [0.717, 1.165) is 0 Å². The van der Waals surface area contributed by atoms with Gasteiger partial charge in [0, 0.05) is 18.9 Å². The molecule has 0 fully saturated rings. The van der Waals surface area contributed by atoms with Crippen molar-refractivity contribution < 1.29 is 23.9 Å². The zero-order valence-electron chi connectivity index (χ0n) is 14.8. The third kappa shape index (κ3) is 5.72. The first-order valence-corrected chi connectivity index (χ1v) is 8.39. The molecule has 27 heavy (non-hydrogen) atoms. The maximum Gasteiger partial charge on any atom is 0.308 e. The van der Waals surface area contributed by atoms with Crippen LogP contribution in [0.2, 0.25) is 5.02 Å². The summed E-state index contributed by atoms with van der Waals surface area (Å²) in [6.07, 6.45) is 0.161. The molecule has 0 saturated heterocycles. The third-order valence-corrected chi connectivity index (χ3v) is 3.96. The van der Waals surface area contributed by atoms with Crippen molar-refractivity contribution in [1.29, 1.82) is 0 Å². The second-order valence-corrected chi connectivity index (χ2v) is 6.13. The van der Waals surface area contributed by atoms with Crippen LogP contribution in [-0.4, -0.2) is 30.9 Å². The first-order chi connectivity index (χ1) is 12.8. The number of esters is 1. The number of halogens is 1. The van der Waals surface area contributed by atoms with Gasteiger partial charge in [0.1, 0.15) is 17.5 Å². The minimum atomic E-state index is -0.945. The van der Waals surface area contributed by atoms with Crippen LogP contribution in [0.1, 0.15) is 22.8 Å². The summed E-state index contributed by atoms with van der Waals surface area (Å²) in [7, 11) is 1.50. The lowest BCUT2D eigenvalue weighted by Crippen LogP contribution is -2.45. The quantitative estimate of drug-likeness (QED) is 0.556. The van der Waals surface area contributed by atoms with Crippen LogP contribution in [0, 0.1) is 0 Å². The average molecular weight is 391 g/mol. The largest absolute Gasteiger partial charge is 0.495 e. The van der Waals surface area contributed by atoms with Gasteiger partial charge in [-0.2, -0.15) is 0 Å². The van der Waals surface area contributed by atoms with Gasteiger partial charge < -0.3 is 20.5 Å². The molecule has 0 unspecified atom stereocenters. The second-order valence-electron chi connectivity index (χ2n) is 5.72. The fourth-order valence-electron chi connectivity index (χ4n) is 2.40. The number of methoxy groups -OCH3 is 1.